The molecule has 0 bridgehead atoms. The summed E-state index contributed by atoms with van der Waals surface area (Å²) in [6, 6.07) is 20.6. The Bertz CT molecular complexity index is 969. The van der Waals surface area contributed by atoms with Gasteiger partial charge in [-0.1, -0.05) is 53.5 Å². The average Bonchev–Trinajstić information content (AvgIpc) is 2.85. The van der Waals surface area contributed by atoms with E-state index in [-0.39, 0.29) is 0 Å². The Morgan fingerprint density at radius 1 is 0.714 bits per heavy atom. The largest absolute Gasteiger partial charge is 0.135 e. The van der Waals surface area contributed by atoms with E-state index in [1.807, 2.05) is 23.5 Å². The fraction of sp³-hybridized carbons (Fsp3) is 0. The zero-order chi connectivity index (χ0) is 14.4. The van der Waals surface area contributed by atoms with E-state index < -0.39 is 0 Å². The standard InChI is InChI=1S/C18H10Cl2S/c19-12-6-7-13(16(20)10-12)11-5-8-18-15(9-11)14-3-1-2-4-17(14)21-18/h1-10H. The molecule has 0 unspecified atom stereocenters. The summed E-state index contributed by atoms with van der Waals surface area (Å²) in [5.41, 5.74) is 2.13. The molecule has 0 amide bonds. The van der Waals surface area contributed by atoms with Gasteiger partial charge in [-0.15, -0.1) is 11.3 Å². The molecule has 0 aliphatic rings. The van der Waals surface area contributed by atoms with Crippen molar-refractivity contribution in [3.8, 4) is 11.1 Å². The smallest absolute Gasteiger partial charge is 0.0499 e. The van der Waals surface area contributed by atoms with Gasteiger partial charge in [0, 0.05) is 35.8 Å². The normalized spacial score (nSPS) is 11.3. The maximum absolute atomic E-state index is 6.33. The first-order valence-corrected chi connectivity index (χ1v) is 8.16. The molecule has 0 N–H and O–H groups in total. The zero-order valence-electron chi connectivity index (χ0n) is 10.9. The summed E-state index contributed by atoms with van der Waals surface area (Å²) in [6.07, 6.45) is 0. The molecule has 4 rings (SSSR count). The molecule has 1 heterocycles. The van der Waals surface area contributed by atoms with Crippen LogP contribution in [0, 0.1) is 0 Å². The highest BCUT2D eigenvalue weighted by Gasteiger charge is 2.08. The molecule has 0 radical (unpaired) electrons. The first-order chi connectivity index (χ1) is 10.2. The third-order valence-corrected chi connectivity index (χ3v) is 5.32. The molecule has 0 atom stereocenters. The predicted octanol–water partition coefficient (Wildman–Crippen LogP) is 7.03. The quantitative estimate of drug-likeness (QED) is 0.352. The summed E-state index contributed by atoms with van der Waals surface area (Å²) in [5.74, 6) is 0. The Morgan fingerprint density at radius 3 is 2.38 bits per heavy atom. The molecule has 0 saturated carbocycles. The van der Waals surface area contributed by atoms with Crippen LogP contribution in [0.5, 0.6) is 0 Å². The van der Waals surface area contributed by atoms with Crippen molar-refractivity contribution in [1.82, 2.24) is 0 Å². The Morgan fingerprint density at radius 2 is 1.52 bits per heavy atom. The molecule has 0 aliphatic heterocycles. The van der Waals surface area contributed by atoms with Crippen LogP contribution in [-0.4, -0.2) is 0 Å². The lowest BCUT2D eigenvalue weighted by Gasteiger charge is -2.05. The lowest BCUT2D eigenvalue weighted by molar-refractivity contribution is 1.65. The van der Waals surface area contributed by atoms with Crippen molar-refractivity contribution in [2.75, 3.05) is 0 Å². The molecule has 3 aromatic carbocycles. The van der Waals surface area contributed by atoms with Crippen molar-refractivity contribution in [2.24, 2.45) is 0 Å². The van der Waals surface area contributed by atoms with E-state index >= 15 is 0 Å². The van der Waals surface area contributed by atoms with Gasteiger partial charge in [0.25, 0.3) is 0 Å². The van der Waals surface area contributed by atoms with E-state index in [1.54, 1.807) is 6.07 Å². The molecular weight excluding hydrogens is 319 g/mol. The monoisotopic (exact) mass is 328 g/mol. The summed E-state index contributed by atoms with van der Waals surface area (Å²) in [7, 11) is 0. The molecule has 3 heteroatoms. The lowest BCUT2D eigenvalue weighted by Crippen LogP contribution is -1.79. The van der Waals surface area contributed by atoms with Gasteiger partial charge in [-0.25, -0.2) is 0 Å². The minimum absolute atomic E-state index is 0.658. The van der Waals surface area contributed by atoms with Gasteiger partial charge in [0.2, 0.25) is 0 Å². The van der Waals surface area contributed by atoms with Gasteiger partial charge < -0.3 is 0 Å². The number of rotatable bonds is 1. The lowest BCUT2D eigenvalue weighted by atomic mass is 10.0. The highest BCUT2D eigenvalue weighted by molar-refractivity contribution is 7.25. The Labute approximate surface area is 136 Å². The van der Waals surface area contributed by atoms with Crippen LogP contribution in [0.25, 0.3) is 31.3 Å². The summed E-state index contributed by atoms with van der Waals surface area (Å²) < 4.78 is 2.61. The van der Waals surface area contributed by atoms with E-state index in [4.69, 9.17) is 23.2 Å². The van der Waals surface area contributed by atoms with Gasteiger partial charge >= 0.3 is 0 Å². The van der Waals surface area contributed by atoms with Crippen LogP contribution in [-0.2, 0) is 0 Å². The van der Waals surface area contributed by atoms with Crippen LogP contribution >= 0.6 is 34.5 Å². The Hall–Kier alpha value is -1.54. The van der Waals surface area contributed by atoms with Crippen LogP contribution in [0.4, 0.5) is 0 Å². The molecule has 0 nitrogen and oxygen atoms in total. The van der Waals surface area contributed by atoms with Gasteiger partial charge in [0.15, 0.2) is 0 Å². The summed E-state index contributed by atoms with van der Waals surface area (Å²) in [4.78, 5) is 0. The summed E-state index contributed by atoms with van der Waals surface area (Å²) >= 11 is 14.1. The second-order valence-corrected chi connectivity index (χ2v) is 6.86. The second kappa shape index (κ2) is 5.03. The van der Waals surface area contributed by atoms with E-state index in [0.717, 1.165) is 11.1 Å². The molecule has 1 aromatic heterocycles. The van der Waals surface area contributed by atoms with E-state index in [9.17, 15) is 0 Å². The maximum atomic E-state index is 6.33. The Kier molecular flexibility index (Phi) is 3.15. The molecule has 0 fully saturated rings. The average molecular weight is 329 g/mol. The van der Waals surface area contributed by atoms with Crippen LogP contribution < -0.4 is 0 Å². The van der Waals surface area contributed by atoms with Crippen molar-refractivity contribution in [2.45, 2.75) is 0 Å². The van der Waals surface area contributed by atoms with Gasteiger partial charge in [-0.3, -0.25) is 0 Å². The zero-order valence-corrected chi connectivity index (χ0v) is 13.3. The van der Waals surface area contributed by atoms with Crippen molar-refractivity contribution in [1.29, 1.82) is 0 Å². The third kappa shape index (κ3) is 2.22. The van der Waals surface area contributed by atoms with E-state index in [0.29, 0.717) is 10.0 Å². The molecule has 0 aliphatic carbocycles. The molecule has 0 saturated heterocycles. The number of halogens is 2. The molecule has 102 valence electrons. The van der Waals surface area contributed by atoms with E-state index in [1.165, 1.54) is 20.2 Å². The number of fused-ring (bicyclic) bond motifs is 3. The number of hydrogen-bond donors (Lipinski definition) is 0. The summed E-state index contributed by atoms with van der Waals surface area (Å²) in [6.45, 7) is 0. The van der Waals surface area contributed by atoms with Crippen LogP contribution in [0.2, 0.25) is 10.0 Å². The first-order valence-electron chi connectivity index (χ1n) is 6.59. The molecular formula is C18H10Cl2S. The van der Waals surface area contributed by atoms with Crippen molar-refractivity contribution < 1.29 is 0 Å². The van der Waals surface area contributed by atoms with Gasteiger partial charge in [0.1, 0.15) is 0 Å². The third-order valence-electron chi connectivity index (χ3n) is 3.62. The van der Waals surface area contributed by atoms with Crippen LogP contribution in [0.15, 0.2) is 60.7 Å². The molecule has 0 spiro atoms. The van der Waals surface area contributed by atoms with Gasteiger partial charge in [-0.05, 0) is 35.9 Å². The highest BCUT2D eigenvalue weighted by atomic mass is 35.5. The molecule has 4 aromatic rings. The van der Waals surface area contributed by atoms with Crippen molar-refractivity contribution >= 4 is 54.7 Å². The first kappa shape index (κ1) is 13.1. The minimum atomic E-state index is 0.658. The topological polar surface area (TPSA) is 0 Å². The van der Waals surface area contributed by atoms with E-state index in [2.05, 4.69) is 42.5 Å². The summed E-state index contributed by atoms with van der Waals surface area (Å²) in [5, 5.41) is 3.91. The molecule has 21 heavy (non-hydrogen) atoms. The SMILES string of the molecule is Clc1ccc(-c2ccc3sc4ccccc4c3c2)c(Cl)c1. The van der Waals surface area contributed by atoms with Gasteiger partial charge in [-0.2, -0.15) is 0 Å². The maximum Gasteiger partial charge on any atom is 0.0499 e. The van der Waals surface area contributed by atoms with Crippen molar-refractivity contribution in [3.63, 3.8) is 0 Å². The fourth-order valence-corrected chi connectivity index (χ4v) is 4.22. The second-order valence-electron chi connectivity index (χ2n) is 4.93. The Balaban J connectivity index is 1.99. The fourth-order valence-electron chi connectivity index (χ4n) is 2.62. The predicted molar refractivity (Wildman–Crippen MR) is 94.8 cm³/mol. The van der Waals surface area contributed by atoms with Crippen molar-refractivity contribution in [3.05, 3.63) is 70.7 Å². The van der Waals surface area contributed by atoms with Crippen LogP contribution in [0.1, 0.15) is 0 Å². The van der Waals surface area contributed by atoms with Gasteiger partial charge in [0.05, 0.1) is 0 Å². The number of thiophene rings is 1. The highest BCUT2D eigenvalue weighted by Crippen LogP contribution is 2.38. The minimum Gasteiger partial charge on any atom is -0.135 e. The number of benzene rings is 3. The number of hydrogen-bond acceptors (Lipinski definition) is 1. The van der Waals surface area contributed by atoms with Crippen LogP contribution in [0.3, 0.4) is 0 Å².